The molecule has 0 aliphatic carbocycles. The number of pyridine rings is 1. The largest absolute Gasteiger partial charge is 0.380 e. The summed E-state index contributed by atoms with van der Waals surface area (Å²) >= 11 is 0. The van der Waals surface area contributed by atoms with Crippen LogP contribution >= 0.6 is 0 Å². The summed E-state index contributed by atoms with van der Waals surface area (Å²) in [6, 6.07) is 8.64. The van der Waals surface area contributed by atoms with E-state index in [0.717, 1.165) is 34.6 Å². The fraction of sp³-hybridized carbons (Fsp3) is 0.250. The van der Waals surface area contributed by atoms with Crippen LogP contribution in [0.25, 0.3) is 11.0 Å². The van der Waals surface area contributed by atoms with Crippen LogP contribution in [-0.2, 0) is 23.9 Å². The lowest BCUT2D eigenvalue weighted by Crippen LogP contribution is -2.10. The van der Waals surface area contributed by atoms with Crippen LogP contribution in [0.5, 0.6) is 0 Å². The van der Waals surface area contributed by atoms with Gasteiger partial charge in [-0.05, 0) is 24.6 Å². The number of nitrogens with zero attached hydrogens (tertiary/aromatic N) is 3. The summed E-state index contributed by atoms with van der Waals surface area (Å²) < 4.78 is 34.2. The van der Waals surface area contributed by atoms with Crippen LogP contribution in [0.1, 0.15) is 12.5 Å². The Labute approximate surface area is 151 Å². The van der Waals surface area contributed by atoms with Gasteiger partial charge in [0, 0.05) is 26.2 Å². The maximum atomic E-state index is 10.8. The first-order valence-electron chi connectivity index (χ1n) is 8.00. The quantitative estimate of drug-likeness (QED) is 0.467. The lowest BCUT2D eigenvalue weighted by atomic mass is 10.2. The molecule has 0 saturated heterocycles. The van der Waals surface area contributed by atoms with Crippen LogP contribution < -0.4 is 15.4 Å². The normalized spacial score (nSPS) is 11.5. The van der Waals surface area contributed by atoms with E-state index >= 15 is 0 Å². The molecule has 0 unspecified atom stereocenters. The summed E-state index contributed by atoms with van der Waals surface area (Å²) in [6.07, 6.45) is 1.76. The minimum absolute atomic E-state index is 0.296. The molecule has 26 heavy (non-hydrogen) atoms. The van der Waals surface area contributed by atoms with E-state index in [4.69, 9.17) is 4.55 Å². The van der Waals surface area contributed by atoms with Crippen molar-refractivity contribution in [2.75, 3.05) is 21.9 Å². The van der Waals surface area contributed by atoms with Crippen molar-refractivity contribution in [2.45, 2.75) is 13.5 Å². The van der Waals surface area contributed by atoms with Crippen molar-refractivity contribution in [1.82, 2.24) is 14.8 Å². The molecule has 0 radical (unpaired) electrons. The molecule has 0 bridgehead atoms. The fourth-order valence-electron chi connectivity index (χ4n) is 2.57. The molecule has 2 heterocycles. The van der Waals surface area contributed by atoms with E-state index in [1.165, 1.54) is 0 Å². The van der Waals surface area contributed by atoms with Gasteiger partial charge in [0.1, 0.15) is 5.82 Å². The molecule has 3 rings (SSSR count). The number of fused-ring (bicyclic) bond motifs is 1. The molecule has 138 valence electrons. The second kappa shape index (κ2) is 7.18. The average molecular weight is 376 g/mol. The molecule has 4 N–H and O–H groups in total. The molecule has 0 atom stereocenters. The van der Waals surface area contributed by atoms with Gasteiger partial charge in [-0.1, -0.05) is 12.1 Å². The minimum atomic E-state index is -4.27. The SMILES string of the molecule is CCNc1cc(NCc2ccc(NS(=O)(=O)O)cc2)c2cnn(C)c2n1. The van der Waals surface area contributed by atoms with Crippen molar-refractivity contribution in [1.29, 1.82) is 0 Å². The number of aromatic nitrogens is 3. The van der Waals surface area contributed by atoms with E-state index in [9.17, 15) is 8.42 Å². The molecule has 0 amide bonds. The van der Waals surface area contributed by atoms with Gasteiger partial charge >= 0.3 is 10.3 Å². The molecule has 0 aliphatic heterocycles. The highest BCUT2D eigenvalue weighted by atomic mass is 32.2. The Bertz CT molecular complexity index is 1010. The maximum absolute atomic E-state index is 10.8. The fourth-order valence-corrected chi connectivity index (χ4v) is 3.00. The van der Waals surface area contributed by atoms with E-state index in [2.05, 4.69) is 20.7 Å². The van der Waals surface area contributed by atoms with Gasteiger partial charge in [0.25, 0.3) is 0 Å². The van der Waals surface area contributed by atoms with Crippen LogP contribution in [0.2, 0.25) is 0 Å². The lowest BCUT2D eigenvalue weighted by molar-refractivity contribution is 0.489. The Balaban J connectivity index is 1.79. The summed E-state index contributed by atoms with van der Waals surface area (Å²) in [5.74, 6) is 0.763. The number of anilines is 3. The third-order valence-electron chi connectivity index (χ3n) is 3.75. The molecular formula is C16H20N6O3S. The zero-order valence-electron chi connectivity index (χ0n) is 14.4. The average Bonchev–Trinajstić information content (AvgIpc) is 2.94. The van der Waals surface area contributed by atoms with E-state index in [0.29, 0.717) is 12.2 Å². The Morgan fingerprint density at radius 3 is 2.58 bits per heavy atom. The van der Waals surface area contributed by atoms with Gasteiger partial charge < -0.3 is 10.6 Å². The third-order valence-corrected chi connectivity index (χ3v) is 4.24. The first kappa shape index (κ1) is 18.0. The second-order valence-corrected chi connectivity index (χ2v) is 6.87. The molecule has 0 saturated carbocycles. The van der Waals surface area contributed by atoms with Crippen LogP contribution in [0.3, 0.4) is 0 Å². The van der Waals surface area contributed by atoms with E-state index in [-0.39, 0.29) is 0 Å². The number of rotatable bonds is 7. The number of nitrogens with one attached hydrogen (secondary N) is 3. The summed E-state index contributed by atoms with van der Waals surface area (Å²) in [5, 5.41) is 11.7. The Morgan fingerprint density at radius 2 is 1.92 bits per heavy atom. The van der Waals surface area contributed by atoms with Gasteiger partial charge in [0.2, 0.25) is 0 Å². The summed E-state index contributed by atoms with van der Waals surface area (Å²) in [6.45, 7) is 3.30. The number of hydrogen-bond donors (Lipinski definition) is 4. The zero-order valence-corrected chi connectivity index (χ0v) is 15.2. The third kappa shape index (κ3) is 4.21. The highest BCUT2D eigenvalue weighted by Gasteiger charge is 2.10. The van der Waals surface area contributed by atoms with Crippen molar-refractivity contribution >= 4 is 38.5 Å². The topological polar surface area (TPSA) is 121 Å². The Morgan fingerprint density at radius 1 is 1.19 bits per heavy atom. The van der Waals surface area contributed by atoms with E-state index in [1.807, 2.05) is 24.8 Å². The number of aryl methyl sites for hydroxylation is 1. The minimum Gasteiger partial charge on any atom is -0.380 e. The smallest absolute Gasteiger partial charge is 0.357 e. The first-order valence-corrected chi connectivity index (χ1v) is 9.44. The zero-order chi connectivity index (χ0) is 18.7. The van der Waals surface area contributed by atoms with Crippen molar-refractivity contribution in [3.63, 3.8) is 0 Å². The molecule has 9 nitrogen and oxygen atoms in total. The molecule has 0 fully saturated rings. The van der Waals surface area contributed by atoms with Crippen LogP contribution in [0.4, 0.5) is 17.2 Å². The second-order valence-electron chi connectivity index (χ2n) is 5.72. The van der Waals surface area contributed by atoms with Crippen LogP contribution in [-0.4, -0.2) is 34.3 Å². The summed E-state index contributed by atoms with van der Waals surface area (Å²) in [7, 11) is -2.42. The van der Waals surface area contributed by atoms with Gasteiger partial charge in [-0.25, -0.2) is 4.98 Å². The van der Waals surface area contributed by atoms with Crippen molar-refractivity contribution < 1.29 is 13.0 Å². The molecular weight excluding hydrogens is 356 g/mol. The summed E-state index contributed by atoms with van der Waals surface area (Å²) in [4.78, 5) is 4.55. The Hall–Kier alpha value is -2.85. The summed E-state index contributed by atoms with van der Waals surface area (Å²) in [5.41, 5.74) is 2.92. The molecule has 0 spiro atoms. The molecule has 0 aliphatic rings. The van der Waals surface area contributed by atoms with Gasteiger partial charge in [-0.15, -0.1) is 0 Å². The number of hydrogen-bond acceptors (Lipinski definition) is 6. The Kier molecular flexibility index (Phi) is 4.96. The van der Waals surface area contributed by atoms with Crippen LogP contribution in [0, 0.1) is 0 Å². The lowest BCUT2D eigenvalue weighted by Gasteiger charge is -2.11. The predicted molar refractivity (Wildman–Crippen MR) is 102 cm³/mol. The maximum Gasteiger partial charge on any atom is 0.357 e. The van der Waals surface area contributed by atoms with Gasteiger partial charge in [-0.2, -0.15) is 13.5 Å². The van der Waals surface area contributed by atoms with Crippen molar-refractivity contribution in [3.8, 4) is 0 Å². The number of benzene rings is 1. The molecule has 3 aromatic rings. The molecule has 1 aromatic carbocycles. The van der Waals surface area contributed by atoms with Crippen LogP contribution in [0.15, 0.2) is 36.5 Å². The standard InChI is InChI=1S/C16H20N6O3S/c1-3-17-15-8-14(13-10-19-22(2)16(13)20-15)18-9-11-4-6-12(7-5-11)21-26(23,24)25/h4-8,10,21H,3,9H2,1-2H3,(H2,17,18,20)(H,23,24,25). The highest BCUT2D eigenvalue weighted by molar-refractivity contribution is 7.87. The van der Waals surface area contributed by atoms with E-state index in [1.54, 1.807) is 35.1 Å². The van der Waals surface area contributed by atoms with Crippen molar-refractivity contribution in [3.05, 3.63) is 42.1 Å². The monoisotopic (exact) mass is 376 g/mol. The molecule has 2 aromatic heterocycles. The van der Waals surface area contributed by atoms with Gasteiger partial charge in [0.15, 0.2) is 5.65 Å². The first-order chi connectivity index (χ1) is 12.4. The molecule has 10 heteroatoms. The van der Waals surface area contributed by atoms with Gasteiger partial charge in [-0.3, -0.25) is 14.0 Å². The van der Waals surface area contributed by atoms with Crippen molar-refractivity contribution in [2.24, 2.45) is 7.05 Å². The van der Waals surface area contributed by atoms with Gasteiger partial charge in [0.05, 0.1) is 23.0 Å². The highest BCUT2D eigenvalue weighted by Crippen LogP contribution is 2.25. The predicted octanol–water partition coefficient (Wildman–Crippen LogP) is 2.23. The van der Waals surface area contributed by atoms with E-state index < -0.39 is 10.3 Å².